The predicted molar refractivity (Wildman–Crippen MR) is 128 cm³/mol. The molecule has 3 rings (SSSR count). The van der Waals surface area contributed by atoms with Gasteiger partial charge in [-0.3, -0.25) is 0 Å². The Hall–Kier alpha value is -3.37. The first-order valence-corrected chi connectivity index (χ1v) is 10.8. The molecule has 3 aromatic rings. The number of carbonyl (C=O) groups excluding carboxylic acids is 1. The highest BCUT2D eigenvalue weighted by atomic mass is 16.6. The van der Waals surface area contributed by atoms with Crippen LogP contribution in [0.4, 0.5) is 0 Å². The van der Waals surface area contributed by atoms with Crippen LogP contribution in [0.5, 0.6) is 5.75 Å². The summed E-state index contributed by atoms with van der Waals surface area (Å²) in [6, 6.07) is 26.6. The molecule has 0 N–H and O–H groups in total. The zero-order valence-electron chi connectivity index (χ0n) is 18.9. The lowest BCUT2D eigenvalue weighted by atomic mass is 9.97. The second-order valence-corrected chi connectivity index (χ2v) is 7.49. The molecule has 0 radical (unpaired) electrons. The van der Waals surface area contributed by atoms with Gasteiger partial charge in [0.25, 0.3) is 0 Å². The van der Waals surface area contributed by atoms with Gasteiger partial charge < -0.3 is 14.2 Å². The van der Waals surface area contributed by atoms with E-state index in [9.17, 15) is 4.79 Å². The van der Waals surface area contributed by atoms with Crippen molar-refractivity contribution < 1.29 is 19.0 Å². The molecular formula is C28H30O4. The van der Waals surface area contributed by atoms with E-state index in [-0.39, 0.29) is 5.97 Å². The third kappa shape index (κ3) is 6.56. The summed E-state index contributed by atoms with van der Waals surface area (Å²) in [6.45, 7) is 4.66. The Morgan fingerprint density at radius 3 is 2.19 bits per heavy atom. The van der Waals surface area contributed by atoms with Gasteiger partial charge in [0.2, 0.25) is 0 Å². The molecule has 0 saturated carbocycles. The van der Waals surface area contributed by atoms with Gasteiger partial charge in [-0.05, 0) is 54.3 Å². The fraction of sp³-hybridized carbons (Fsp3) is 0.250. The Balaban J connectivity index is 1.67. The van der Waals surface area contributed by atoms with E-state index < -0.39 is 6.10 Å². The van der Waals surface area contributed by atoms with E-state index in [0.29, 0.717) is 19.6 Å². The molecule has 4 nitrogen and oxygen atoms in total. The lowest BCUT2D eigenvalue weighted by Gasteiger charge is -2.14. The van der Waals surface area contributed by atoms with Crippen LogP contribution < -0.4 is 4.74 Å². The zero-order valence-corrected chi connectivity index (χ0v) is 18.9. The first-order valence-electron chi connectivity index (χ1n) is 10.8. The maximum atomic E-state index is 11.9. The monoisotopic (exact) mass is 430 g/mol. The number of methoxy groups -OCH3 is 1. The van der Waals surface area contributed by atoms with Crippen molar-refractivity contribution in [2.75, 3.05) is 20.3 Å². The number of benzene rings is 3. The number of hydrogen-bond donors (Lipinski definition) is 0. The van der Waals surface area contributed by atoms with E-state index in [0.717, 1.165) is 28.0 Å². The van der Waals surface area contributed by atoms with Crippen molar-refractivity contribution in [3.63, 3.8) is 0 Å². The molecule has 0 aliphatic heterocycles. The Labute approximate surface area is 190 Å². The molecular weight excluding hydrogens is 400 g/mol. The number of ether oxygens (including phenoxy) is 3. The minimum atomic E-state index is -0.604. The van der Waals surface area contributed by atoms with Crippen LogP contribution in [0.1, 0.15) is 29.2 Å². The smallest absolute Gasteiger partial charge is 0.335 e. The molecule has 3 aromatic carbocycles. The van der Waals surface area contributed by atoms with E-state index in [4.69, 9.17) is 14.2 Å². The van der Waals surface area contributed by atoms with Crippen molar-refractivity contribution >= 4 is 11.5 Å². The minimum absolute atomic E-state index is 0.340. The molecule has 0 amide bonds. The third-order valence-electron chi connectivity index (χ3n) is 5.16. The maximum absolute atomic E-state index is 11.9. The first kappa shape index (κ1) is 23.3. The van der Waals surface area contributed by atoms with Gasteiger partial charge in [-0.2, -0.15) is 0 Å². The molecule has 0 aliphatic carbocycles. The van der Waals surface area contributed by atoms with E-state index in [1.165, 1.54) is 12.7 Å². The molecule has 0 heterocycles. The van der Waals surface area contributed by atoms with Gasteiger partial charge in [-0.1, -0.05) is 72.3 Å². The van der Waals surface area contributed by atoms with Crippen molar-refractivity contribution in [1.82, 2.24) is 0 Å². The number of aryl methyl sites for hydroxylation is 1. The lowest BCUT2D eigenvalue weighted by molar-refractivity contribution is -0.154. The summed E-state index contributed by atoms with van der Waals surface area (Å²) >= 11 is 0. The topological polar surface area (TPSA) is 44.8 Å². The van der Waals surface area contributed by atoms with Crippen LogP contribution in [-0.2, 0) is 20.7 Å². The Bertz CT molecular complexity index is 1010. The van der Waals surface area contributed by atoms with Crippen molar-refractivity contribution in [2.24, 2.45) is 0 Å². The largest absolute Gasteiger partial charge is 0.490 e. The van der Waals surface area contributed by atoms with Crippen molar-refractivity contribution in [2.45, 2.75) is 26.4 Å². The van der Waals surface area contributed by atoms with Gasteiger partial charge in [0.15, 0.2) is 6.10 Å². The lowest BCUT2D eigenvalue weighted by Crippen LogP contribution is -2.27. The quantitative estimate of drug-likeness (QED) is 0.391. The molecule has 32 heavy (non-hydrogen) atoms. The maximum Gasteiger partial charge on any atom is 0.335 e. The Kier molecular flexibility index (Phi) is 8.64. The molecule has 0 aliphatic rings. The minimum Gasteiger partial charge on any atom is -0.490 e. The summed E-state index contributed by atoms with van der Waals surface area (Å²) in [7, 11) is 1.52. The SMILES string of the molecule is CCOC(=O)C(Cc1ccc(OC/C=C(\c2ccccc2)c2ccc(C)cc2)cc1)OC. The van der Waals surface area contributed by atoms with Crippen LogP contribution in [0.3, 0.4) is 0 Å². The van der Waals surface area contributed by atoms with E-state index in [2.05, 4.69) is 49.4 Å². The summed E-state index contributed by atoms with van der Waals surface area (Å²) in [5.41, 5.74) is 5.67. The van der Waals surface area contributed by atoms with Crippen molar-refractivity contribution in [3.8, 4) is 5.75 Å². The van der Waals surface area contributed by atoms with Gasteiger partial charge >= 0.3 is 5.97 Å². The van der Waals surface area contributed by atoms with Crippen molar-refractivity contribution in [1.29, 1.82) is 0 Å². The fourth-order valence-corrected chi connectivity index (χ4v) is 3.41. The number of hydrogen-bond acceptors (Lipinski definition) is 4. The predicted octanol–water partition coefficient (Wildman–Crippen LogP) is 5.63. The van der Waals surface area contributed by atoms with Crippen LogP contribution in [0.15, 0.2) is 84.9 Å². The standard InChI is InChI=1S/C28H30O4/c1-4-31-28(29)27(30-3)20-22-12-16-25(17-13-22)32-19-18-26(23-8-6-5-7-9-23)24-14-10-21(2)11-15-24/h5-18,27H,4,19-20H2,1-3H3/b26-18+. The fourth-order valence-electron chi connectivity index (χ4n) is 3.41. The molecule has 166 valence electrons. The van der Waals surface area contributed by atoms with Gasteiger partial charge in [0.1, 0.15) is 12.4 Å². The van der Waals surface area contributed by atoms with Crippen LogP contribution in [0.2, 0.25) is 0 Å². The van der Waals surface area contributed by atoms with Gasteiger partial charge in [-0.15, -0.1) is 0 Å². The van der Waals surface area contributed by atoms with E-state index in [1.54, 1.807) is 6.92 Å². The number of esters is 1. The average molecular weight is 431 g/mol. The molecule has 4 heteroatoms. The number of carbonyl (C=O) groups is 1. The molecule has 1 unspecified atom stereocenters. The number of rotatable bonds is 10. The van der Waals surface area contributed by atoms with Crippen LogP contribution in [0.25, 0.3) is 5.57 Å². The zero-order chi connectivity index (χ0) is 22.8. The molecule has 0 aromatic heterocycles. The molecule has 0 bridgehead atoms. The van der Waals surface area contributed by atoms with Crippen LogP contribution >= 0.6 is 0 Å². The highest BCUT2D eigenvalue weighted by Crippen LogP contribution is 2.24. The highest BCUT2D eigenvalue weighted by molar-refractivity contribution is 5.80. The van der Waals surface area contributed by atoms with Crippen molar-refractivity contribution in [3.05, 3.63) is 107 Å². The summed E-state index contributed by atoms with van der Waals surface area (Å²) in [4.78, 5) is 11.9. The Morgan fingerprint density at radius 1 is 0.906 bits per heavy atom. The normalized spacial score (nSPS) is 12.3. The molecule has 0 spiro atoms. The Morgan fingerprint density at radius 2 is 1.56 bits per heavy atom. The molecule has 0 fully saturated rings. The summed E-state index contributed by atoms with van der Waals surface area (Å²) in [5.74, 6) is 0.427. The van der Waals surface area contributed by atoms with Gasteiger partial charge in [-0.25, -0.2) is 4.79 Å². The first-order chi connectivity index (χ1) is 15.6. The van der Waals surface area contributed by atoms with E-state index >= 15 is 0 Å². The van der Waals surface area contributed by atoms with Gasteiger partial charge in [0.05, 0.1) is 6.61 Å². The molecule has 1 atom stereocenters. The third-order valence-corrected chi connectivity index (χ3v) is 5.16. The second kappa shape index (κ2) is 11.9. The van der Waals surface area contributed by atoms with Crippen LogP contribution in [-0.4, -0.2) is 32.4 Å². The van der Waals surface area contributed by atoms with Crippen LogP contribution in [0, 0.1) is 6.92 Å². The summed E-state index contributed by atoms with van der Waals surface area (Å²) in [6.07, 6.45) is 1.96. The summed E-state index contributed by atoms with van der Waals surface area (Å²) in [5, 5.41) is 0. The van der Waals surface area contributed by atoms with E-state index in [1.807, 2.05) is 42.5 Å². The summed E-state index contributed by atoms with van der Waals surface area (Å²) < 4.78 is 16.3. The highest BCUT2D eigenvalue weighted by Gasteiger charge is 2.19. The molecule has 0 saturated heterocycles. The second-order valence-electron chi connectivity index (χ2n) is 7.49. The average Bonchev–Trinajstić information content (AvgIpc) is 2.82. The van der Waals surface area contributed by atoms with Gasteiger partial charge in [0, 0.05) is 13.5 Å².